The van der Waals surface area contributed by atoms with Crippen LogP contribution in [0.2, 0.25) is 0 Å². The molecule has 2 aromatic carbocycles. The number of rotatable bonds is 6. The van der Waals surface area contributed by atoms with Gasteiger partial charge >= 0.3 is 0 Å². The lowest BCUT2D eigenvalue weighted by Gasteiger charge is -2.15. The van der Waals surface area contributed by atoms with E-state index in [2.05, 4.69) is 18.0 Å². The van der Waals surface area contributed by atoms with Gasteiger partial charge in [0, 0.05) is 29.7 Å². The molecule has 0 radical (unpaired) electrons. The van der Waals surface area contributed by atoms with Crippen molar-refractivity contribution >= 4 is 29.3 Å². The van der Waals surface area contributed by atoms with Crippen molar-refractivity contribution in [3.8, 4) is 6.07 Å². The molecule has 1 N–H and O–H groups in total. The Morgan fingerprint density at radius 1 is 1.27 bits per heavy atom. The first-order chi connectivity index (χ1) is 12.5. The highest BCUT2D eigenvalue weighted by Crippen LogP contribution is 2.21. The predicted octanol–water partition coefficient (Wildman–Crippen LogP) is 3.36. The molecule has 5 nitrogen and oxygen atoms in total. The minimum atomic E-state index is -0.221. The third-order valence-electron chi connectivity index (χ3n) is 3.86. The van der Waals surface area contributed by atoms with Crippen molar-refractivity contribution in [1.82, 2.24) is 5.32 Å². The van der Waals surface area contributed by atoms with Crippen LogP contribution in [0.15, 0.2) is 60.0 Å². The van der Waals surface area contributed by atoms with Crippen LogP contribution in [-0.2, 0) is 11.3 Å². The van der Waals surface area contributed by atoms with E-state index in [9.17, 15) is 14.9 Å². The molecule has 0 fully saturated rings. The number of amides is 2. The summed E-state index contributed by atoms with van der Waals surface area (Å²) in [6.45, 7) is 3.78. The number of likely N-dealkylation sites (N-methyl/N-ethyl adjacent to an activating group) is 1. The van der Waals surface area contributed by atoms with E-state index in [4.69, 9.17) is 0 Å². The zero-order valence-corrected chi connectivity index (χ0v) is 15.5. The molecular weight excluding hydrogens is 346 g/mol. The number of anilines is 1. The Morgan fingerprint density at radius 2 is 1.96 bits per heavy atom. The molecule has 0 unspecified atom stereocenters. The lowest BCUT2D eigenvalue weighted by molar-refractivity contribution is -0.113. The number of nitriles is 1. The Bertz CT molecular complexity index is 870. The molecule has 2 amide bonds. The van der Waals surface area contributed by atoms with Crippen LogP contribution in [0.4, 0.5) is 5.69 Å². The quantitative estimate of drug-likeness (QED) is 0.629. The van der Waals surface area contributed by atoms with Gasteiger partial charge in [-0.25, -0.2) is 0 Å². The second-order valence-electron chi connectivity index (χ2n) is 5.48. The van der Waals surface area contributed by atoms with E-state index in [1.807, 2.05) is 18.4 Å². The Morgan fingerprint density at radius 3 is 2.54 bits per heavy atom. The first-order valence-corrected chi connectivity index (χ1v) is 9.08. The number of thioether (sulfide) groups is 1. The highest BCUT2D eigenvalue weighted by atomic mass is 32.2. The number of benzene rings is 2. The number of nitrogens with zero attached hydrogens (tertiary/aromatic N) is 2. The molecule has 2 aromatic rings. The molecule has 26 heavy (non-hydrogen) atoms. The molecule has 0 spiro atoms. The van der Waals surface area contributed by atoms with Gasteiger partial charge in [0.2, 0.25) is 5.91 Å². The van der Waals surface area contributed by atoms with Crippen molar-refractivity contribution in [2.75, 3.05) is 18.2 Å². The molecule has 0 aliphatic rings. The van der Waals surface area contributed by atoms with E-state index < -0.39 is 0 Å². The normalized spacial score (nSPS) is 9.88. The van der Waals surface area contributed by atoms with E-state index in [0.29, 0.717) is 23.4 Å². The van der Waals surface area contributed by atoms with E-state index in [-0.39, 0.29) is 11.8 Å². The van der Waals surface area contributed by atoms with Gasteiger partial charge in [0.1, 0.15) is 6.07 Å². The average Bonchev–Trinajstić information content (AvgIpc) is 2.70. The third-order valence-corrected chi connectivity index (χ3v) is 4.66. The SMILES string of the molecule is C=CC(=O)N(C)c1ccc(C(=O)NCc2ccc(SC)c(C#N)c2)cc1. The van der Waals surface area contributed by atoms with Crippen LogP contribution in [0.1, 0.15) is 21.5 Å². The second kappa shape index (κ2) is 8.88. The second-order valence-corrected chi connectivity index (χ2v) is 6.33. The summed E-state index contributed by atoms with van der Waals surface area (Å²) in [4.78, 5) is 26.2. The van der Waals surface area contributed by atoms with Gasteiger partial charge < -0.3 is 10.2 Å². The van der Waals surface area contributed by atoms with Gasteiger partial charge in [0.05, 0.1) is 5.56 Å². The van der Waals surface area contributed by atoms with Crippen molar-refractivity contribution in [1.29, 1.82) is 5.26 Å². The molecule has 0 aliphatic heterocycles. The molecule has 0 saturated carbocycles. The first kappa shape index (κ1) is 19.3. The fourth-order valence-electron chi connectivity index (χ4n) is 2.34. The van der Waals surface area contributed by atoms with Gasteiger partial charge in [0.25, 0.3) is 5.91 Å². The number of carbonyl (C=O) groups excluding carboxylic acids is 2. The maximum atomic E-state index is 12.3. The highest BCUT2D eigenvalue weighted by molar-refractivity contribution is 7.98. The summed E-state index contributed by atoms with van der Waals surface area (Å²) in [5, 5.41) is 12.0. The van der Waals surface area contributed by atoms with Gasteiger partial charge in [-0.15, -0.1) is 11.8 Å². The third kappa shape index (κ3) is 4.52. The molecule has 0 atom stereocenters. The molecule has 132 valence electrons. The highest BCUT2D eigenvalue weighted by Gasteiger charge is 2.10. The largest absolute Gasteiger partial charge is 0.348 e. The fraction of sp³-hybridized carbons (Fsp3) is 0.150. The number of hydrogen-bond acceptors (Lipinski definition) is 4. The monoisotopic (exact) mass is 365 g/mol. The Kier molecular flexibility index (Phi) is 6.59. The van der Waals surface area contributed by atoms with Crippen LogP contribution in [0.3, 0.4) is 0 Å². The maximum Gasteiger partial charge on any atom is 0.251 e. The number of nitrogens with one attached hydrogen (secondary N) is 1. The summed E-state index contributed by atoms with van der Waals surface area (Å²) in [6.07, 6.45) is 3.15. The van der Waals surface area contributed by atoms with Crippen molar-refractivity contribution in [2.24, 2.45) is 0 Å². The Labute approximate surface area is 157 Å². The first-order valence-electron chi connectivity index (χ1n) is 7.85. The lowest BCUT2D eigenvalue weighted by Crippen LogP contribution is -2.25. The van der Waals surface area contributed by atoms with Crippen molar-refractivity contribution in [3.63, 3.8) is 0 Å². The van der Waals surface area contributed by atoms with Gasteiger partial charge in [-0.05, 0) is 54.3 Å². The molecule has 6 heteroatoms. The minimum absolute atomic E-state index is 0.218. The van der Waals surface area contributed by atoms with Crippen LogP contribution in [-0.4, -0.2) is 25.1 Å². The van der Waals surface area contributed by atoms with Crippen molar-refractivity contribution < 1.29 is 9.59 Å². The van der Waals surface area contributed by atoms with Gasteiger partial charge in [-0.3, -0.25) is 9.59 Å². The fourth-order valence-corrected chi connectivity index (χ4v) is 2.87. The van der Waals surface area contributed by atoms with Gasteiger partial charge in [0.15, 0.2) is 0 Å². The summed E-state index contributed by atoms with van der Waals surface area (Å²) in [5.41, 5.74) is 2.64. The number of carbonyl (C=O) groups is 2. The predicted molar refractivity (Wildman–Crippen MR) is 104 cm³/mol. The Hall–Kier alpha value is -3.04. The van der Waals surface area contributed by atoms with Crippen LogP contribution in [0.5, 0.6) is 0 Å². The zero-order chi connectivity index (χ0) is 19.1. The maximum absolute atomic E-state index is 12.3. The smallest absolute Gasteiger partial charge is 0.251 e. The zero-order valence-electron chi connectivity index (χ0n) is 14.7. The van der Waals surface area contributed by atoms with Crippen molar-refractivity contribution in [3.05, 3.63) is 71.8 Å². The molecular formula is C20H19N3O2S. The van der Waals surface area contributed by atoms with Crippen LogP contribution >= 0.6 is 11.8 Å². The summed E-state index contributed by atoms with van der Waals surface area (Å²) < 4.78 is 0. The van der Waals surface area contributed by atoms with Crippen LogP contribution in [0.25, 0.3) is 0 Å². The summed E-state index contributed by atoms with van der Waals surface area (Å²) >= 11 is 1.51. The van der Waals surface area contributed by atoms with E-state index in [1.165, 1.54) is 22.7 Å². The molecule has 0 aliphatic carbocycles. The number of hydrogen-bond donors (Lipinski definition) is 1. The summed E-state index contributed by atoms with van der Waals surface area (Å²) in [7, 11) is 1.64. The van der Waals surface area contributed by atoms with E-state index >= 15 is 0 Å². The summed E-state index contributed by atoms with van der Waals surface area (Å²) in [6, 6.07) is 14.5. The topological polar surface area (TPSA) is 73.2 Å². The van der Waals surface area contributed by atoms with Gasteiger partial charge in [-0.2, -0.15) is 5.26 Å². The average molecular weight is 365 g/mol. The Balaban J connectivity index is 2.03. The molecule has 0 heterocycles. The lowest BCUT2D eigenvalue weighted by atomic mass is 10.1. The summed E-state index contributed by atoms with van der Waals surface area (Å²) in [5.74, 6) is -0.439. The van der Waals surface area contributed by atoms with Crippen LogP contribution < -0.4 is 10.2 Å². The molecule has 0 bridgehead atoms. The molecule has 0 saturated heterocycles. The van der Waals surface area contributed by atoms with Gasteiger partial charge in [-0.1, -0.05) is 12.6 Å². The standard InChI is InChI=1S/C20H19N3O2S/c1-4-19(24)23(2)17-8-6-15(7-9-17)20(25)22-13-14-5-10-18(26-3)16(11-14)12-21/h4-11H,1,13H2,2-3H3,(H,22,25). The minimum Gasteiger partial charge on any atom is -0.348 e. The van der Waals surface area contributed by atoms with E-state index in [1.54, 1.807) is 37.4 Å². The van der Waals surface area contributed by atoms with E-state index in [0.717, 1.165) is 10.5 Å². The molecule has 0 aromatic heterocycles. The van der Waals surface area contributed by atoms with Crippen LogP contribution in [0, 0.1) is 11.3 Å². The van der Waals surface area contributed by atoms with Crippen molar-refractivity contribution in [2.45, 2.75) is 11.4 Å². The molecule has 2 rings (SSSR count).